The summed E-state index contributed by atoms with van der Waals surface area (Å²) in [7, 11) is 0. The average molecular weight is 234 g/mol. The first-order valence-corrected chi connectivity index (χ1v) is 6.40. The first kappa shape index (κ1) is 12.4. The van der Waals surface area contributed by atoms with Crippen LogP contribution < -0.4 is 10.6 Å². The number of hydrogen-bond acceptors (Lipinski definition) is 3. The second-order valence-corrected chi connectivity index (χ2v) is 4.98. The van der Waals surface area contributed by atoms with Crippen LogP contribution in [0.1, 0.15) is 38.3 Å². The molecule has 3 N–H and O–H groups in total. The third-order valence-corrected chi connectivity index (χ3v) is 3.75. The molecule has 3 atom stereocenters. The molecule has 0 radical (unpaired) electrons. The van der Waals surface area contributed by atoms with Crippen molar-refractivity contribution in [2.45, 2.75) is 44.9 Å². The number of hydrogen-bond donors (Lipinski definition) is 2. The summed E-state index contributed by atoms with van der Waals surface area (Å²) in [6.45, 7) is 4.88. The van der Waals surface area contributed by atoms with Gasteiger partial charge in [-0.05, 0) is 38.3 Å². The molecule has 1 aromatic carbocycles. The van der Waals surface area contributed by atoms with E-state index in [1.165, 1.54) is 11.3 Å². The van der Waals surface area contributed by atoms with Crippen molar-refractivity contribution in [3.8, 4) is 0 Å². The number of para-hydroxylation sites is 1. The van der Waals surface area contributed by atoms with Crippen molar-refractivity contribution < 1.29 is 5.11 Å². The number of benzene rings is 1. The molecule has 94 valence electrons. The van der Waals surface area contributed by atoms with Crippen molar-refractivity contribution in [3.63, 3.8) is 0 Å². The van der Waals surface area contributed by atoms with Gasteiger partial charge in [-0.2, -0.15) is 0 Å². The Bertz CT molecular complexity index is 378. The van der Waals surface area contributed by atoms with E-state index < -0.39 is 0 Å². The molecule has 0 saturated carbocycles. The largest absolute Gasteiger partial charge is 0.391 e. The molecule has 0 bridgehead atoms. The van der Waals surface area contributed by atoms with Crippen molar-refractivity contribution in [1.82, 2.24) is 0 Å². The highest BCUT2D eigenvalue weighted by molar-refractivity contribution is 5.56. The number of rotatable bonds is 2. The Labute approximate surface area is 103 Å². The maximum atomic E-state index is 9.78. The number of anilines is 1. The van der Waals surface area contributed by atoms with E-state index in [2.05, 4.69) is 24.0 Å². The van der Waals surface area contributed by atoms with Crippen LogP contribution in [0.25, 0.3) is 0 Å². The molecule has 0 fully saturated rings. The monoisotopic (exact) mass is 234 g/mol. The molecule has 3 unspecified atom stereocenters. The van der Waals surface area contributed by atoms with Gasteiger partial charge in [-0.1, -0.05) is 18.2 Å². The third-order valence-electron chi connectivity index (χ3n) is 3.75. The fraction of sp³-hybridized carbons (Fsp3) is 0.571. The predicted octanol–water partition coefficient (Wildman–Crippen LogP) is 2.06. The topological polar surface area (TPSA) is 49.5 Å². The Morgan fingerprint density at radius 3 is 2.76 bits per heavy atom. The predicted molar refractivity (Wildman–Crippen MR) is 71.1 cm³/mol. The van der Waals surface area contributed by atoms with Gasteiger partial charge in [0.1, 0.15) is 0 Å². The molecule has 0 spiro atoms. The van der Waals surface area contributed by atoms with Gasteiger partial charge in [-0.25, -0.2) is 0 Å². The van der Waals surface area contributed by atoms with Crippen LogP contribution in [-0.4, -0.2) is 23.8 Å². The van der Waals surface area contributed by atoms with Gasteiger partial charge in [0.05, 0.1) is 12.1 Å². The van der Waals surface area contributed by atoms with Crippen molar-refractivity contribution in [1.29, 1.82) is 0 Å². The van der Waals surface area contributed by atoms with E-state index in [1.807, 2.05) is 19.1 Å². The minimum absolute atomic E-state index is 0.123. The zero-order valence-electron chi connectivity index (χ0n) is 10.6. The van der Waals surface area contributed by atoms with Crippen LogP contribution >= 0.6 is 0 Å². The van der Waals surface area contributed by atoms with Crippen LogP contribution in [0, 0.1) is 0 Å². The molecule has 2 rings (SSSR count). The van der Waals surface area contributed by atoms with Crippen molar-refractivity contribution >= 4 is 5.69 Å². The van der Waals surface area contributed by atoms with E-state index in [9.17, 15) is 5.11 Å². The average Bonchev–Trinajstić information content (AvgIpc) is 2.49. The van der Waals surface area contributed by atoms with Gasteiger partial charge < -0.3 is 15.7 Å². The van der Waals surface area contributed by atoms with Gasteiger partial charge in [0.15, 0.2) is 0 Å². The maximum Gasteiger partial charge on any atom is 0.0712 e. The van der Waals surface area contributed by atoms with Crippen molar-refractivity contribution in [3.05, 3.63) is 29.8 Å². The van der Waals surface area contributed by atoms with Gasteiger partial charge >= 0.3 is 0 Å². The zero-order valence-corrected chi connectivity index (χ0v) is 10.6. The summed E-state index contributed by atoms with van der Waals surface area (Å²) in [5.41, 5.74) is 8.59. The Balaban J connectivity index is 2.38. The van der Waals surface area contributed by atoms with Gasteiger partial charge in [-0.15, -0.1) is 0 Å². The standard InChI is InChI=1S/C14H22N2O/c1-10(11(2)17)16-9-5-7-13(15)12-6-3-4-8-14(12)16/h3-4,6,8,10-11,13,17H,5,7,9,15H2,1-2H3. The number of aliphatic hydroxyl groups excluding tert-OH is 1. The van der Waals surface area contributed by atoms with Crippen LogP contribution in [0.15, 0.2) is 24.3 Å². The molecule has 1 aromatic rings. The number of nitrogens with two attached hydrogens (primary N) is 1. The number of fused-ring (bicyclic) bond motifs is 1. The first-order valence-electron chi connectivity index (χ1n) is 6.40. The van der Waals surface area contributed by atoms with Gasteiger partial charge in [-0.3, -0.25) is 0 Å². The summed E-state index contributed by atoms with van der Waals surface area (Å²) in [6.07, 6.45) is 1.75. The smallest absolute Gasteiger partial charge is 0.0712 e. The molecule has 1 aliphatic heterocycles. The number of aliphatic hydroxyl groups is 1. The third kappa shape index (κ3) is 2.45. The lowest BCUT2D eigenvalue weighted by Gasteiger charge is -2.33. The van der Waals surface area contributed by atoms with Crippen molar-refractivity contribution in [2.24, 2.45) is 5.73 Å². The quantitative estimate of drug-likeness (QED) is 0.823. The van der Waals surface area contributed by atoms with Crippen LogP contribution in [-0.2, 0) is 0 Å². The molecule has 0 amide bonds. The zero-order chi connectivity index (χ0) is 12.4. The Morgan fingerprint density at radius 1 is 1.35 bits per heavy atom. The first-order chi connectivity index (χ1) is 8.11. The lowest BCUT2D eigenvalue weighted by atomic mass is 10.0. The highest BCUT2D eigenvalue weighted by Crippen LogP contribution is 2.32. The summed E-state index contributed by atoms with van der Waals surface area (Å²) < 4.78 is 0. The van der Waals surface area contributed by atoms with E-state index in [0.29, 0.717) is 0 Å². The highest BCUT2D eigenvalue weighted by atomic mass is 16.3. The SMILES string of the molecule is CC(O)C(C)N1CCCC(N)c2ccccc21. The molecule has 0 aliphatic carbocycles. The fourth-order valence-electron chi connectivity index (χ4n) is 2.50. The van der Waals surface area contributed by atoms with E-state index in [0.717, 1.165) is 19.4 Å². The minimum Gasteiger partial charge on any atom is -0.391 e. The second-order valence-electron chi connectivity index (χ2n) is 4.98. The molecular formula is C14H22N2O. The molecular weight excluding hydrogens is 212 g/mol. The van der Waals surface area contributed by atoms with Crippen LogP contribution in [0.3, 0.4) is 0 Å². The normalized spacial score (nSPS) is 23.8. The molecule has 0 aromatic heterocycles. The van der Waals surface area contributed by atoms with E-state index in [1.54, 1.807) is 0 Å². The summed E-state index contributed by atoms with van der Waals surface area (Å²) in [5.74, 6) is 0. The molecule has 1 aliphatic rings. The molecule has 3 nitrogen and oxygen atoms in total. The van der Waals surface area contributed by atoms with Crippen LogP contribution in [0.2, 0.25) is 0 Å². The molecule has 3 heteroatoms. The second kappa shape index (κ2) is 5.07. The van der Waals surface area contributed by atoms with Crippen LogP contribution in [0.5, 0.6) is 0 Å². The maximum absolute atomic E-state index is 9.78. The van der Waals surface area contributed by atoms with E-state index in [-0.39, 0.29) is 18.2 Å². The minimum atomic E-state index is -0.336. The Hall–Kier alpha value is -1.06. The van der Waals surface area contributed by atoms with Crippen LogP contribution in [0.4, 0.5) is 5.69 Å². The Morgan fingerprint density at radius 2 is 2.06 bits per heavy atom. The highest BCUT2D eigenvalue weighted by Gasteiger charge is 2.25. The van der Waals surface area contributed by atoms with E-state index in [4.69, 9.17) is 5.73 Å². The lowest BCUT2D eigenvalue weighted by Crippen LogP contribution is -2.41. The lowest BCUT2D eigenvalue weighted by molar-refractivity contribution is 0.165. The van der Waals surface area contributed by atoms with Gasteiger partial charge in [0.25, 0.3) is 0 Å². The summed E-state index contributed by atoms with van der Waals surface area (Å²) >= 11 is 0. The Kier molecular flexibility index (Phi) is 3.69. The summed E-state index contributed by atoms with van der Waals surface area (Å²) in [5, 5.41) is 9.78. The van der Waals surface area contributed by atoms with Gasteiger partial charge in [0.2, 0.25) is 0 Å². The van der Waals surface area contributed by atoms with E-state index >= 15 is 0 Å². The molecule has 0 saturated heterocycles. The van der Waals surface area contributed by atoms with Gasteiger partial charge in [0, 0.05) is 18.3 Å². The fourth-order valence-corrected chi connectivity index (χ4v) is 2.50. The molecule has 1 heterocycles. The summed E-state index contributed by atoms with van der Waals surface area (Å²) in [4.78, 5) is 2.28. The summed E-state index contributed by atoms with van der Waals surface area (Å²) in [6, 6.07) is 8.54. The van der Waals surface area contributed by atoms with Crippen molar-refractivity contribution in [2.75, 3.05) is 11.4 Å². The number of nitrogens with zero attached hydrogens (tertiary/aromatic N) is 1. The molecule has 17 heavy (non-hydrogen) atoms.